The molecule has 1 aliphatic carbocycles. The molecule has 0 amide bonds. The van der Waals surface area contributed by atoms with Crippen molar-refractivity contribution in [3.05, 3.63) is 54.6 Å². The van der Waals surface area contributed by atoms with Gasteiger partial charge in [-0.2, -0.15) is 0 Å². The summed E-state index contributed by atoms with van der Waals surface area (Å²) in [7, 11) is 0. The van der Waals surface area contributed by atoms with E-state index < -0.39 is 0 Å². The molecule has 4 aromatic carbocycles. The summed E-state index contributed by atoms with van der Waals surface area (Å²) in [6.07, 6.45) is 0. The standard InChI is InChI=1S/C18H9O/c19-14-9-8-12-7-6-11-5-4-10-2-1-3-13-15(10)16(11)17(12)18(13)14/h1-9H. The molecule has 0 N–H and O–H groups in total. The lowest BCUT2D eigenvalue weighted by atomic mass is 10.0. The first-order valence-electron chi connectivity index (χ1n) is 6.43. The lowest BCUT2D eigenvalue weighted by molar-refractivity contribution is 0.357. The van der Waals surface area contributed by atoms with Crippen molar-refractivity contribution < 1.29 is 5.11 Å². The minimum absolute atomic E-state index is 0.128. The van der Waals surface area contributed by atoms with Crippen LogP contribution in [0, 0.1) is 0 Å². The number of benzene rings is 4. The number of fused-ring (bicyclic) bond motifs is 1. The third-order valence-corrected chi connectivity index (χ3v) is 4.24. The van der Waals surface area contributed by atoms with Crippen molar-refractivity contribution in [3.8, 4) is 16.9 Å². The summed E-state index contributed by atoms with van der Waals surface area (Å²) in [5, 5.41) is 19.5. The van der Waals surface area contributed by atoms with Crippen LogP contribution in [-0.2, 0) is 5.11 Å². The highest BCUT2D eigenvalue weighted by Gasteiger charge is 2.23. The Morgan fingerprint density at radius 1 is 0.579 bits per heavy atom. The van der Waals surface area contributed by atoms with E-state index in [9.17, 15) is 5.11 Å². The van der Waals surface area contributed by atoms with Gasteiger partial charge in [0, 0.05) is 10.9 Å². The first-order chi connectivity index (χ1) is 9.34. The van der Waals surface area contributed by atoms with E-state index in [-0.39, 0.29) is 5.75 Å². The molecule has 0 aromatic heterocycles. The monoisotopic (exact) mass is 241 g/mol. The molecule has 19 heavy (non-hydrogen) atoms. The minimum Gasteiger partial charge on any atom is -0.289 e. The lowest BCUT2D eigenvalue weighted by Gasteiger charge is -2.03. The van der Waals surface area contributed by atoms with Crippen LogP contribution in [0.4, 0.5) is 0 Å². The van der Waals surface area contributed by atoms with Gasteiger partial charge in [0.2, 0.25) is 0 Å². The van der Waals surface area contributed by atoms with E-state index in [1.165, 1.54) is 21.5 Å². The molecule has 1 heteroatoms. The third-order valence-electron chi connectivity index (χ3n) is 4.24. The fourth-order valence-corrected chi connectivity index (χ4v) is 3.47. The van der Waals surface area contributed by atoms with Crippen molar-refractivity contribution in [2.45, 2.75) is 0 Å². The molecule has 1 radical (unpaired) electrons. The van der Waals surface area contributed by atoms with Crippen molar-refractivity contribution in [2.75, 3.05) is 0 Å². The number of hydrogen-bond donors (Lipinski definition) is 0. The molecule has 5 rings (SSSR count). The highest BCUT2D eigenvalue weighted by Crippen LogP contribution is 2.50. The van der Waals surface area contributed by atoms with Gasteiger partial charge in [-0.1, -0.05) is 48.5 Å². The van der Waals surface area contributed by atoms with Crippen LogP contribution >= 0.6 is 0 Å². The van der Waals surface area contributed by atoms with Gasteiger partial charge in [-0.05, 0) is 38.6 Å². The molecule has 0 spiro atoms. The first-order valence-corrected chi connectivity index (χ1v) is 6.43. The zero-order valence-corrected chi connectivity index (χ0v) is 10.1. The Morgan fingerprint density at radius 2 is 1.21 bits per heavy atom. The van der Waals surface area contributed by atoms with Gasteiger partial charge in [0.15, 0.2) is 5.75 Å². The molecule has 1 nitrogen and oxygen atoms in total. The Balaban J connectivity index is 2.29. The van der Waals surface area contributed by atoms with Crippen LogP contribution in [0.5, 0.6) is 5.75 Å². The molecular weight excluding hydrogens is 232 g/mol. The van der Waals surface area contributed by atoms with Gasteiger partial charge < -0.3 is 0 Å². The van der Waals surface area contributed by atoms with Gasteiger partial charge >= 0.3 is 0 Å². The molecule has 1 aliphatic rings. The van der Waals surface area contributed by atoms with Crippen molar-refractivity contribution in [2.24, 2.45) is 0 Å². The largest absolute Gasteiger partial charge is 0.289 e. The summed E-state index contributed by atoms with van der Waals surface area (Å²) in [5.74, 6) is 0.128. The molecule has 0 aliphatic heterocycles. The maximum atomic E-state index is 12.3. The Morgan fingerprint density at radius 3 is 2.00 bits per heavy atom. The summed E-state index contributed by atoms with van der Waals surface area (Å²) in [6, 6.07) is 18.4. The van der Waals surface area contributed by atoms with Crippen molar-refractivity contribution in [3.63, 3.8) is 0 Å². The van der Waals surface area contributed by atoms with Crippen LogP contribution in [0.3, 0.4) is 0 Å². The normalized spacial score (nSPS) is 12.4. The highest BCUT2D eigenvalue weighted by molar-refractivity contribution is 6.33. The second-order valence-electron chi connectivity index (χ2n) is 5.17. The molecule has 4 aromatic rings. The van der Waals surface area contributed by atoms with Gasteiger partial charge in [-0.3, -0.25) is 5.11 Å². The highest BCUT2D eigenvalue weighted by atomic mass is 16.3. The lowest BCUT2D eigenvalue weighted by Crippen LogP contribution is -1.76. The molecule has 0 bridgehead atoms. The van der Waals surface area contributed by atoms with Crippen LogP contribution < -0.4 is 0 Å². The van der Waals surface area contributed by atoms with Gasteiger partial charge in [0.05, 0.1) is 0 Å². The topological polar surface area (TPSA) is 19.9 Å². The average Bonchev–Trinajstić information content (AvgIpc) is 2.81. The van der Waals surface area contributed by atoms with Gasteiger partial charge in [0.1, 0.15) is 0 Å². The summed E-state index contributed by atoms with van der Waals surface area (Å²) in [4.78, 5) is 0. The van der Waals surface area contributed by atoms with Gasteiger partial charge in [0.25, 0.3) is 0 Å². The minimum atomic E-state index is 0.128. The zero-order valence-electron chi connectivity index (χ0n) is 10.1. The molecule has 87 valence electrons. The van der Waals surface area contributed by atoms with E-state index in [0.717, 1.165) is 21.9 Å². The third kappa shape index (κ3) is 0.944. The smallest absolute Gasteiger partial charge is 0.187 e. The fraction of sp³-hybridized carbons (Fsp3) is 0. The molecule has 0 fully saturated rings. The Labute approximate surface area is 109 Å². The predicted molar refractivity (Wildman–Crippen MR) is 78.1 cm³/mol. The maximum Gasteiger partial charge on any atom is 0.187 e. The summed E-state index contributed by atoms with van der Waals surface area (Å²) >= 11 is 0. The SMILES string of the molecule is [O]c1ccc2ccc3ccc4cccc5c4c3c2c1-5. The number of hydrogen-bond acceptors (Lipinski definition) is 0. The Hall–Kier alpha value is -2.54. The van der Waals surface area contributed by atoms with Crippen LogP contribution in [0.25, 0.3) is 43.4 Å². The maximum absolute atomic E-state index is 12.3. The van der Waals surface area contributed by atoms with Crippen molar-refractivity contribution in [1.82, 2.24) is 0 Å². The van der Waals surface area contributed by atoms with E-state index in [1.54, 1.807) is 6.07 Å². The predicted octanol–water partition coefficient (Wildman–Crippen LogP) is 5.27. The van der Waals surface area contributed by atoms with Crippen LogP contribution in [0.15, 0.2) is 54.6 Å². The molecule has 0 unspecified atom stereocenters. The zero-order chi connectivity index (χ0) is 12.6. The van der Waals surface area contributed by atoms with E-state index in [4.69, 9.17) is 0 Å². The van der Waals surface area contributed by atoms with Crippen LogP contribution in [-0.4, -0.2) is 0 Å². The summed E-state index contributed by atoms with van der Waals surface area (Å²) < 4.78 is 0. The average molecular weight is 241 g/mol. The molecular formula is C18H9O. The second-order valence-corrected chi connectivity index (χ2v) is 5.17. The van der Waals surface area contributed by atoms with Crippen LogP contribution in [0.2, 0.25) is 0 Å². The fourth-order valence-electron chi connectivity index (χ4n) is 3.47. The molecule has 0 saturated heterocycles. The van der Waals surface area contributed by atoms with E-state index in [2.05, 4.69) is 36.4 Å². The summed E-state index contributed by atoms with van der Waals surface area (Å²) in [6.45, 7) is 0. The Bertz CT molecular complexity index is 1010. The van der Waals surface area contributed by atoms with Crippen molar-refractivity contribution >= 4 is 32.3 Å². The van der Waals surface area contributed by atoms with Gasteiger partial charge in [-0.25, -0.2) is 0 Å². The van der Waals surface area contributed by atoms with Gasteiger partial charge in [-0.15, -0.1) is 0 Å². The van der Waals surface area contributed by atoms with E-state index in [1.807, 2.05) is 12.1 Å². The van der Waals surface area contributed by atoms with Crippen LogP contribution in [0.1, 0.15) is 0 Å². The molecule has 0 atom stereocenters. The van der Waals surface area contributed by atoms with Crippen molar-refractivity contribution in [1.29, 1.82) is 0 Å². The number of rotatable bonds is 0. The Kier molecular flexibility index (Phi) is 1.43. The first kappa shape index (κ1) is 9.40. The summed E-state index contributed by atoms with van der Waals surface area (Å²) in [5.41, 5.74) is 1.98. The van der Waals surface area contributed by atoms with E-state index in [0.29, 0.717) is 0 Å². The molecule has 0 heterocycles. The molecule has 0 saturated carbocycles. The quantitative estimate of drug-likeness (QED) is 0.329. The second kappa shape index (κ2) is 2.89. The van der Waals surface area contributed by atoms with E-state index >= 15 is 0 Å².